The number of pyridine rings is 1. The number of halogens is 1. The summed E-state index contributed by atoms with van der Waals surface area (Å²) in [6, 6.07) is 3.80. The van der Waals surface area contributed by atoms with Gasteiger partial charge in [0.05, 0.1) is 12.0 Å². The minimum absolute atomic E-state index is 0.220. The molecule has 100 valence electrons. The molecule has 0 bridgehead atoms. The van der Waals surface area contributed by atoms with Gasteiger partial charge in [0.25, 0.3) is 0 Å². The molecule has 0 N–H and O–H groups in total. The minimum atomic E-state index is -0.220. The normalized spacial score (nSPS) is 26.7. The van der Waals surface area contributed by atoms with Crippen LogP contribution in [-0.4, -0.2) is 10.7 Å². The summed E-state index contributed by atoms with van der Waals surface area (Å²) in [5.41, 5.74) is 1.60. The van der Waals surface area contributed by atoms with Gasteiger partial charge in [0.15, 0.2) is 0 Å². The fraction of sp³-hybridized carbons (Fsp3) is 0.133. The first-order chi connectivity index (χ1) is 9.79. The van der Waals surface area contributed by atoms with Gasteiger partial charge in [0.1, 0.15) is 6.10 Å². The van der Waals surface area contributed by atoms with Crippen LogP contribution in [0.25, 0.3) is 0 Å². The van der Waals surface area contributed by atoms with Crippen LogP contribution < -0.4 is 0 Å². The Hall–Kier alpha value is -2.19. The van der Waals surface area contributed by atoms with Crippen LogP contribution in [0.5, 0.6) is 0 Å². The van der Waals surface area contributed by atoms with E-state index in [0.717, 1.165) is 10.0 Å². The molecule has 0 fully saturated rings. The summed E-state index contributed by atoms with van der Waals surface area (Å²) in [5, 5.41) is 8.76. The molecule has 1 aromatic heterocycles. The largest absolute Gasteiger partial charge is 0.493 e. The quantitative estimate of drug-likeness (QED) is 0.736. The average molecular weight is 330 g/mol. The zero-order chi connectivity index (χ0) is 14.2. The predicted octanol–water partition coefficient (Wildman–Crippen LogP) is 3.81. The molecule has 0 saturated carbocycles. The Morgan fingerprint density at radius 2 is 2.35 bits per heavy atom. The number of ether oxygens (including phenoxy) is 1. The molecule has 1 aliphatic rings. The van der Waals surface area contributed by atoms with E-state index in [4.69, 9.17) is 10.00 Å². The average Bonchev–Trinajstić information content (AvgIpc) is 2.48. The van der Waals surface area contributed by atoms with Crippen molar-refractivity contribution in [3.8, 4) is 6.19 Å². The number of nitriles is 1. The molecule has 0 spiro atoms. The maximum Gasteiger partial charge on any atom is 0.205 e. The van der Waals surface area contributed by atoms with E-state index in [1.807, 2.05) is 36.6 Å². The summed E-state index contributed by atoms with van der Waals surface area (Å²) in [6.45, 7) is 0. The molecular weight excluding hydrogens is 318 g/mol. The van der Waals surface area contributed by atoms with Gasteiger partial charge in [0, 0.05) is 28.9 Å². The van der Waals surface area contributed by atoms with Crippen molar-refractivity contribution in [1.29, 1.82) is 5.26 Å². The second-order valence-electron chi connectivity index (χ2n) is 4.03. The van der Waals surface area contributed by atoms with Gasteiger partial charge in [-0.25, -0.2) is 0 Å². The van der Waals surface area contributed by atoms with E-state index < -0.39 is 0 Å². The molecule has 1 unspecified atom stereocenters. The van der Waals surface area contributed by atoms with Crippen molar-refractivity contribution < 1.29 is 4.74 Å². The zero-order valence-electron chi connectivity index (χ0n) is 10.6. The van der Waals surface area contributed by atoms with E-state index in [1.54, 1.807) is 24.7 Å². The highest BCUT2D eigenvalue weighted by Gasteiger charge is 2.14. The van der Waals surface area contributed by atoms with Crippen LogP contribution in [0.2, 0.25) is 0 Å². The first kappa shape index (κ1) is 14.2. The van der Waals surface area contributed by atoms with Crippen LogP contribution >= 0.6 is 15.9 Å². The van der Waals surface area contributed by atoms with E-state index in [-0.39, 0.29) is 6.10 Å². The smallest absolute Gasteiger partial charge is 0.205 e. The highest BCUT2D eigenvalue weighted by atomic mass is 79.9. The van der Waals surface area contributed by atoms with Crippen LogP contribution in [0.4, 0.5) is 0 Å². The summed E-state index contributed by atoms with van der Waals surface area (Å²) >= 11 is 3.39. The number of aliphatic imine (C=N–C) groups is 1. The molecule has 2 rings (SSSR count). The first-order valence-corrected chi connectivity index (χ1v) is 6.80. The molecule has 5 heteroatoms. The lowest BCUT2D eigenvalue weighted by molar-refractivity contribution is 0.153. The van der Waals surface area contributed by atoms with E-state index in [2.05, 4.69) is 25.9 Å². The van der Waals surface area contributed by atoms with Gasteiger partial charge in [-0.3, -0.25) is 4.98 Å². The molecule has 2 heterocycles. The Morgan fingerprint density at radius 1 is 1.45 bits per heavy atom. The SMILES string of the molecule is N#CN=C1/C=C/C(Br)=C\C=C\OC(c2cccnc2)C1. The molecular formula is C15H12BrN3O. The number of hydrogen-bond donors (Lipinski definition) is 0. The molecule has 4 nitrogen and oxygen atoms in total. The molecule has 0 amide bonds. The van der Waals surface area contributed by atoms with Crippen molar-refractivity contribution in [1.82, 2.24) is 4.98 Å². The van der Waals surface area contributed by atoms with Crippen molar-refractivity contribution in [3.63, 3.8) is 0 Å². The van der Waals surface area contributed by atoms with Crippen molar-refractivity contribution in [2.24, 2.45) is 4.99 Å². The van der Waals surface area contributed by atoms with Crippen molar-refractivity contribution in [3.05, 3.63) is 65.1 Å². The number of allylic oxidation sites excluding steroid dienone is 5. The maximum atomic E-state index is 8.76. The number of aromatic nitrogens is 1. The molecule has 0 radical (unpaired) electrons. The van der Waals surface area contributed by atoms with Crippen molar-refractivity contribution in [2.45, 2.75) is 12.5 Å². The van der Waals surface area contributed by atoms with Gasteiger partial charge in [-0.2, -0.15) is 10.3 Å². The van der Waals surface area contributed by atoms with E-state index in [9.17, 15) is 0 Å². The standard InChI is InChI=1S/C15H12BrN3O/c16-13-4-2-8-20-15(12-3-1-7-18-10-12)9-14(6-5-13)19-11-17/h1-8,10,15H,9H2/b6-5+,8-2+,13-4+,19-14?. The molecule has 0 saturated heterocycles. The molecule has 0 aliphatic carbocycles. The number of nitrogens with zero attached hydrogens (tertiary/aromatic N) is 3. The third kappa shape index (κ3) is 4.18. The third-order valence-corrected chi connectivity index (χ3v) is 3.18. The lowest BCUT2D eigenvalue weighted by Gasteiger charge is -2.16. The summed E-state index contributed by atoms with van der Waals surface area (Å²) in [6.07, 6.45) is 14.5. The van der Waals surface area contributed by atoms with E-state index >= 15 is 0 Å². The highest BCUT2D eigenvalue weighted by Crippen LogP contribution is 2.23. The Kier molecular flexibility index (Phi) is 5.27. The van der Waals surface area contributed by atoms with Crippen molar-refractivity contribution >= 4 is 21.6 Å². The molecule has 20 heavy (non-hydrogen) atoms. The summed E-state index contributed by atoms with van der Waals surface area (Å²) in [4.78, 5) is 7.92. The predicted molar refractivity (Wildman–Crippen MR) is 81.0 cm³/mol. The zero-order valence-corrected chi connectivity index (χ0v) is 12.2. The van der Waals surface area contributed by atoms with Gasteiger partial charge in [0.2, 0.25) is 6.19 Å². The Balaban J connectivity index is 2.32. The van der Waals surface area contributed by atoms with Crippen LogP contribution in [0.15, 0.2) is 64.6 Å². The van der Waals surface area contributed by atoms with Gasteiger partial charge in [-0.15, -0.1) is 0 Å². The summed E-state index contributed by atoms with van der Waals surface area (Å²) in [5.74, 6) is 0. The van der Waals surface area contributed by atoms with Gasteiger partial charge in [-0.05, 0) is 30.4 Å². The summed E-state index contributed by atoms with van der Waals surface area (Å²) < 4.78 is 6.60. The molecule has 0 aromatic carbocycles. The fourth-order valence-corrected chi connectivity index (χ4v) is 2.00. The van der Waals surface area contributed by atoms with Gasteiger partial charge >= 0.3 is 0 Å². The van der Waals surface area contributed by atoms with Gasteiger partial charge in [-0.1, -0.05) is 22.0 Å². The molecule has 1 atom stereocenters. The molecule has 1 aromatic rings. The molecule has 1 aliphatic heterocycles. The number of rotatable bonds is 1. The monoisotopic (exact) mass is 329 g/mol. The second-order valence-corrected chi connectivity index (χ2v) is 4.95. The maximum absolute atomic E-state index is 8.76. The Labute approximate surface area is 125 Å². The Morgan fingerprint density at radius 3 is 3.10 bits per heavy atom. The summed E-state index contributed by atoms with van der Waals surface area (Å²) in [7, 11) is 0. The number of hydrogen-bond acceptors (Lipinski definition) is 4. The lowest BCUT2D eigenvalue weighted by atomic mass is 10.0. The topological polar surface area (TPSA) is 58.3 Å². The van der Waals surface area contributed by atoms with Crippen LogP contribution in [0.1, 0.15) is 18.1 Å². The van der Waals surface area contributed by atoms with Crippen molar-refractivity contribution in [2.75, 3.05) is 0 Å². The van der Waals surface area contributed by atoms with Crippen LogP contribution in [0.3, 0.4) is 0 Å². The van der Waals surface area contributed by atoms with E-state index in [1.165, 1.54) is 0 Å². The van der Waals surface area contributed by atoms with Gasteiger partial charge < -0.3 is 4.74 Å². The third-order valence-electron chi connectivity index (χ3n) is 2.66. The van der Waals surface area contributed by atoms with Crippen LogP contribution in [0, 0.1) is 11.5 Å². The highest BCUT2D eigenvalue weighted by molar-refractivity contribution is 9.11. The minimum Gasteiger partial charge on any atom is -0.493 e. The van der Waals surface area contributed by atoms with E-state index in [0.29, 0.717) is 12.1 Å². The first-order valence-electron chi connectivity index (χ1n) is 6.01. The Bertz CT molecular complexity index is 612. The fourth-order valence-electron chi connectivity index (χ4n) is 1.72. The van der Waals surface area contributed by atoms with Crippen LogP contribution in [-0.2, 0) is 4.74 Å². The second kappa shape index (κ2) is 7.41. The lowest BCUT2D eigenvalue weighted by Crippen LogP contribution is -2.08.